The molecule has 0 saturated carbocycles. The first-order valence-electron chi connectivity index (χ1n) is 5.97. The van der Waals surface area contributed by atoms with Gasteiger partial charge in [-0.1, -0.05) is 0 Å². The Balaban J connectivity index is 2.02. The third-order valence-corrected chi connectivity index (χ3v) is 2.74. The molecule has 0 aliphatic heterocycles. The molecule has 0 fully saturated rings. The summed E-state index contributed by atoms with van der Waals surface area (Å²) in [6, 6.07) is 7.44. The van der Waals surface area contributed by atoms with E-state index in [1.165, 1.54) is 0 Å². The highest BCUT2D eigenvalue weighted by Gasteiger charge is 2.12. The van der Waals surface area contributed by atoms with E-state index in [-0.39, 0.29) is 0 Å². The summed E-state index contributed by atoms with van der Waals surface area (Å²) in [6.45, 7) is 2.10. The molecule has 0 atom stereocenters. The largest absolute Gasteiger partial charge is 0.464 e. The number of carbonyl (C=O) groups is 1. The highest BCUT2D eigenvalue weighted by atomic mass is 16.5. The van der Waals surface area contributed by atoms with Crippen molar-refractivity contribution in [3.8, 4) is 11.3 Å². The number of rotatable bonds is 3. The lowest BCUT2D eigenvalue weighted by atomic mass is 10.2. The molecule has 0 N–H and O–H groups in total. The average molecular weight is 256 g/mol. The lowest BCUT2D eigenvalue weighted by Crippen LogP contribution is -2.04. The van der Waals surface area contributed by atoms with E-state index in [0.29, 0.717) is 17.9 Å². The molecule has 3 rings (SSSR count). The monoisotopic (exact) mass is 256 g/mol. The van der Waals surface area contributed by atoms with Crippen LogP contribution in [0.15, 0.2) is 47.3 Å². The van der Waals surface area contributed by atoms with Crippen molar-refractivity contribution < 1.29 is 13.9 Å². The smallest absolute Gasteiger partial charge is 0.358 e. The van der Waals surface area contributed by atoms with Crippen LogP contribution in [0.25, 0.3) is 17.0 Å². The summed E-state index contributed by atoms with van der Waals surface area (Å²) in [7, 11) is 0. The maximum atomic E-state index is 11.6. The molecule has 0 bridgehead atoms. The van der Waals surface area contributed by atoms with Crippen LogP contribution in [0, 0.1) is 0 Å². The van der Waals surface area contributed by atoms with E-state index in [2.05, 4.69) is 4.98 Å². The molecule has 0 aliphatic carbocycles. The van der Waals surface area contributed by atoms with Gasteiger partial charge in [-0.2, -0.15) is 0 Å². The van der Waals surface area contributed by atoms with E-state index in [1.54, 1.807) is 23.8 Å². The van der Waals surface area contributed by atoms with Gasteiger partial charge in [-0.15, -0.1) is 0 Å². The van der Waals surface area contributed by atoms with E-state index < -0.39 is 5.97 Å². The Labute approximate surface area is 109 Å². The second kappa shape index (κ2) is 4.61. The zero-order valence-corrected chi connectivity index (χ0v) is 10.4. The van der Waals surface area contributed by atoms with Gasteiger partial charge in [0.05, 0.1) is 12.9 Å². The molecular weight excluding hydrogens is 244 g/mol. The maximum absolute atomic E-state index is 11.6. The van der Waals surface area contributed by atoms with Crippen molar-refractivity contribution in [2.24, 2.45) is 0 Å². The summed E-state index contributed by atoms with van der Waals surface area (Å²) in [5, 5.41) is 0. The molecule has 3 heterocycles. The molecule has 0 unspecified atom stereocenters. The number of aromatic nitrogens is 2. The average Bonchev–Trinajstić information content (AvgIpc) is 3.07. The van der Waals surface area contributed by atoms with Crippen molar-refractivity contribution in [1.82, 2.24) is 9.38 Å². The van der Waals surface area contributed by atoms with Gasteiger partial charge in [0.1, 0.15) is 11.4 Å². The molecule has 0 saturated heterocycles. The molecule has 0 radical (unpaired) electrons. The summed E-state index contributed by atoms with van der Waals surface area (Å²) in [5.74, 6) is 0.360. The molecule has 5 heteroatoms. The van der Waals surface area contributed by atoms with Crippen LogP contribution in [-0.4, -0.2) is 22.0 Å². The van der Waals surface area contributed by atoms with Gasteiger partial charge >= 0.3 is 5.97 Å². The molecule has 5 nitrogen and oxygen atoms in total. The normalized spacial score (nSPS) is 10.8. The van der Waals surface area contributed by atoms with Crippen molar-refractivity contribution in [2.45, 2.75) is 6.92 Å². The van der Waals surface area contributed by atoms with Gasteiger partial charge in [0.15, 0.2) is 5.69 Å². The number of fused-ring (bicyclic) bond motifs is 1. The summed E-state index contributed by atoms with van der Waals surface area (Å²) in [5.41, 5.74) is 1.92. The summed E-state index contributed by atoms with van der Waals surface area (Å²) in [6.07, 6.45) is 5.14. The summed E-state index contributed by atoms with van der Waals surface area (Å²) < 4.78 is 12.0. The number of carbonyl (C=O) groups excluding carboxylic acids is 1. The number of ether oxygens (including phenoxy) is 1. The van der Waals surface area contributed by atoms with Crippen molar-refractivity contribution in [3.63, 3.8) is 0 Å². The number of pyridine rings is 1. The number of esters is 1. The first kappa shape index (κ1) is 11.5. The van der Waals surface area contributed by atoms with Gasteiger partial charge in [-0.3, -0.25) is 0 Å². The predicted octanol–water partition coefficient (Wildman–Crippen LogP) is 2.77. The number of hydrogen-bond acceptors (Lipinski definition) is 4. The first-order valence-corrected chi connectivity index (χ1v) is 5.97. The van der Waals surface area contributed by atoms with Crippen LogP contribution >= 0.6 is 0 Å². The van der Waals surface area contributed by atoms with Crippen molar-refractivity contribution >= 4 is 11.6 Å². The molecule has 0 spiro atoms. The molecule has 3 aromatic rings. The third-order valence-electron chi connectivity index (χ3n) is 2.74. The van der Waals surface area contributed by atoms with E-state index in [9.17, 15) is 4.79 Å². The van der Waals surface area contributed by atoms with Crippen LogP contribution in [-0.2, 0) is 4.74 Å². The fraction of sp³-hybridized carbons (Fsp3) is 0.143. The molecule has 0 aromatic carbocycles. The van der Waals surface area contributed by atoms with Gasteiger partial charge in [-0.05, 0) is 31.2 Å². The van der Waals surface area contributed by atoms with Gasteiger partial charge in [0, 0.05) is 18.0 Å². The van der Waals surface area contributed by atoms with E-state index in [1.807, 2.05) is 30.5 Å². The summed E-state index contributed by atoms with van der Waals surface area (Å²) >= 11 is 0. The van der Waals surface area contributed by atoms with E-state index in [4.69, 9.17) is 9.15 Å². The lowest BCUT2D eigenvalue weighted by molar-refractivity contribution is 0.0520. The number of imidazole rings is 1. The van der Waals surface area contributed by atoms with Gasteiger partial charge in [-0.25, -0.2) is 9.78 Å². The second-order valence-corrected chi connectivity index (χ2v) is 4.01. The molecule has 0 aliphatic rings. The number of hydrogen-bond donors (Lipinski definition) is 0. The minimum Gasteiger partial charge on any atom is -0.464 e. The quantitative estimate of drug-likeness (QED) is 0.676. The van der Waals surface area contributed by atoms with Gasteiger partial charge in [0.2, 0.25) is 0 Å². The third kappa shape index (κ3) is 2.10. The fourth-order valence-electron chi connectivity index (χ4n) is 1.88. The van der Waals surface area contributed by atoms with Gasteiger partial charge in [0.25, 0.3) is 0 Å². The van der Waals surface area contributed by atoms with Crippen LogP contribution in [0.2, 0.25) is 0 Å². The highest BCUT2D eigenvalue weighted by Crippen LogP contribution is 2.20. The van der Waals surface area contributed by atoms with Crippen LogP contribution in [0.3, 0.4) is 0 Å². The number of furan rings is 1. The zero-order chi connectivity index (χ0) is 13.2. The Morgan fingerprint density at radius 1 is 1.37 bits per heavy atom. The SMILES string of the molecule is CCOC(=O)c1cn2cc(-c3ccco3)ccc2n1. The first-order chi connectivity index (χ1) is 9.28. The van der Waals surface area contributed by atoms with Crippen LogP contribution in [0.1, 0.15) is 17.4 Å². The van der Waals surface area contributed by atoms with Crippen molar-refractivity contribution in [3.05, 3.63) is 48.6 Å². The lowest BCUT2D eigenvalue weighted by Gasteiger charge is -1.97. The Morgan fingerprint density at radius 2 is 2.26 bits per heavy atom. The van der Waals surface area contributed by atoms with E-state index >= 15 is 0 Å². The van der Waals surface area contributed by atoms with Crippen LogP contribution in [0.5, 0.6) is 0 Å². The maximum Gasteiger partial charge on any atom is 0.358 e. The predicted molar refractivity (Wildman–Crippen MR) is 68.9 cm³/mol. The topological polar surface area (TPSA) is 56.7 Å². The van der Waals surface area contributed by atoms with E-state index in [0.717, 1.165) is 11.3 Å². The minimum absolute atomic E-state index is 0.304. The summed E-state index contributed by atoms with van der Waals surface area (Å²) in [4.78, 5) is 15.8. The molecule has 19 heavy (non-hydrogen) atoms. The van der Waals surface area contributed by atoms with Crippen LogP contribution < -0.4 is 0 Å². The Morgan fingerprint density at radius 3 is 3.00 bits per heavy atom. The minimum atomic E-state index is -0.411. The van der Waals surface area contributed by atoms with Gasteiger partial charge < -0.3 is 13.6 Å². The molecule has 0 amide bonds. The Bertz CT molecular complexity index is 713. The van der Waals surface area contributed by atoms with Crippen molar-refractivity contribution in [1.29, 1.82) is 0 Å². The zero-order valence-electron chi connectivity index (χ0n) is 10.4. The Kier molecular flexibility index (Phi) is 2.79. The Hall–Kier alpha value is -2.56. The fourth-order valence-corrected chi connectivity index (χ4v) is 1.88. The molecular formula is C14H12N2O3. The molecule has 3 aromatic heterocycles. The molecule has 96 valence electrons. The highest BCUT2D eigenvalue weighted by molar-refractivity contribution is 5.88. The van der Waals surface area contributed by atoms with Crippen LogP contribution in [0.4, 0.5) is 0 Å². The van der Waals surface area contributed by atoms with Crippen molar-refractivity contribution in [2.75, 3.05) is 6.61 Å². The number of nitrogens with zero attached hydrogens (tertiary/aromatic N) is 2. The standard InChI is InChI=1S/C14H12N2O3/c1-2-18-14(17)11-9-16-8-10(5-6-13(16)15-11)12-4-3-7-19-12/h3-9H,2H2,1H3. The second-order valence-electron chi connectivity index (χ2n) is 4.01.